The maximum absolute atomic E-state index is 17.0. The van der Waals surface area contributed by atoms with Gasteiger partial charge in [-0.15, -0.1) is 11.3 Å². The number of alkyl carbamates (subject to hydrolysis) is 2. The number of methoxy groups -OCH3 is 2. The van der Waals surface area contributed by atoms with Crippen molar-refractivity contribution in [2.24, 2.45) is 11.8 Å². The number of imidazole rings is 2. The maximum Gasteiger partial charge on any atom is 0.407 e. The fourth-order valence-corrected chi connectivity index (χ4v) is 12.2. The highest BCUT2D eigenvalue weighted by molar-refractivity contribution is 7.11. The van der Waals surface area contributed by atoms with Gasteiger partial charge in [-0.1, -0.05) is 19.9 Å². The van der Waals surface area contributed by atoms with Gasteiger partial charge in [0.15, 0.2) is 0 Å². The molecule has 2 aromatic carbocycles. The number of aliphatic hydroxyl groups is 1. The molecule has 4 aliphatic rings. The predicted molar refractivity (Wildman–Crippen MR) is 272 cm³/mol. The Bertz CT molecular complexity index is 3090. The number of nitrogens with one attached hydrogen (secondary N) is 4. The standard InChI is InChI=1S/C53H63FN10O9S/c1-26(2)43(60-51(67)70-7)47(65)62-15-9-11-37(62)46-56-24-35(59-46)30-20-33(54)42-39-21-31-19-29(13-14-36(31)64(39)49(73-40(42)22-30)41-25-57-50(74-41)53(5,6)69)34-23-55-45(58-34)38-12-10-16-63(38)48(66)44(61-52(68)71-8)32-17-27(3)72-28(4)18-32/h13-14,19-28,32,37-38,43-44,49,69H,9-12,15-18H2,1-8H3,(H,55,58)(H,56,59)(H,60,67)(H,61,68)/t27-,28+,32?,37-,38-,43-,44-,49?/m0/s1. The molecule has 392 valence electrons. The van der Waals surface area contributed by atoms with Gasteiger partial charge in [-0.05, 0) is 108 Å². The molecule has 6 aromatic rings. The van der Waals surface area contributed by atoms with Crippen LogP contribution >= 0.6 is 11.3 Å². The lowest BCUT2D eigenvalue weighted by Crippen LogP contribution is -2.54. The predicted octanol–water partition coefficient (Wildman–Crippen LogP) is 8.49. The third-order valence-corrected chi connectivity index (χ3v) is 16.1. The number of carbonyl (C=O) groups is 4. The number of thiazole rings is 1. The van der Waals surface area contributed by atoms with Crippen LogP contribution in [0.25, 0.3) is 44.7 Å². The van der Waals surface area contributed by atoms with Gasteiger partial charge >= 0.3 is 12.2 Å². The minimum absolute atomic E-state index is 0.0647. The van der Waals surface area contributed by atoms with Gasteiger partial charge in [-0.25, -0.2) is 28.9 Å². The van der Waals surface area contributed by atoms with E-state index in [1.165, 1.54) is 31.6 Å². The van der Waals surface area contributed by atoms with Gasteiger partial charge < -0.3 is 54.5 Å². The van der Waals surface area contributed by atoms with Crippen molar-refractivity contribution >= 4 is 46.2 Å². The lowest BCUT2D eigenvalue weighted by atomic mass is 9.85. The number of nitrogens with zero attached hydrogens (tertiary/aromatic N) is 6. The molecule has 4 amide bonds. The van der Waals surface area contributed by atoms with Gasteiger partial charge in [-0.3, -0.25) is 14.2 Å². The largest absolute Gasteiger partial charge is 0.464 e. The van der Waals surface area contributed by atoms with E-state index >= 15 is 4.39 Å². The van der Waals surface area contributed by atoms with E-state index in [4.69, 9.17) is 23.9 Å². The molecular weight excluding hydrogens is 972 g/mol. The first-order chi connectivity index (χ1) is 35.4. The highest BCUT2D eigenvalue weighted by Crippen LogP contribution is 2.49. The van der Waals surface area contributed by atoms with Crippen LogP contribution in [0.15, 0.2) is 55.0 Å². The molecule has 0 spiro atoms. The number of amides is 4. The molecule has 0 bridgehead atoms. The number of aromatic amines is 2. The fraction of sp³-hybridized carbons (Fsp3) is 0.491. The second kappa shape index (κ2) is 20.1. The van der Waals surface area contributed by atoms with E-state index in [0.29, 0.717) is 83.0 Å². The molecule has 3 saturated heterocycles. The number of benzene rings is 2. The second-order valence-electron chi connectivity index (χ2n) is 20.8. The lowest BCUT2D eigenvalue weighted by molar-refractivity contribution is -0.138. The molecule has 2 unspecified atom stereocenters. The average Bonchev–Trinajstić information content (AvgIpc) is 4.24. The van der Waals surface area contributed by atoms with Crippen LogP contribution in [-0.4, -0.2) is 120 Å². The Morgan fingerprint density at radius 1 is 0.838 bits per heavy atom. The number of hydrogen-bond acceptors (Lipinski definition) is 13. The van der Waals surface area contributed by atoms with E-state index in [1.54, 1.807) is 43.4 Å². The van der Waals surface area contributed by atoms with Crippen LogP contribution in [0.4, 0.5) is 14.0 Å². The summed E-state index contributed by atoms with van der Waals surface area (Å²) in [5.74, 6) is 0.186. The summed E-state index contributed by atoms with van der Waals surface area (Å²) in [6.45, 7) is 12.0. The van der Waals surface area contributed by atoms with Crippen LogP contribution in [0, 0.1) is 17.7 Å². The monoisotopic (exact) mass is 1030 g/mol. The second-order valence-corrected chi connectivity index (χ2v) is 21.9. The summed E-state index contributed by atoms with van der Waals surface area (Å²) in [6.07, 6.45) is 6.88. The van der Waals surface area contributed by atoms with E-state index in [0.717, 1.165) is 35.0 Å². The molecule has 8 heterocycles. The highest BCUT2D eigenvalue weighted by atomic mass is 32.1. The van der Waals surface area contributed by atoms with Crippen molar-refractivity contribution < 1.29 is 47.6 Å². The van der Waals surface area contributed by atoms with E-state index in [2.05, 4.69) is 30.6 Å². The summed E-state index contributed by atoms with van der Waals surface area (Å²) in [5, 5.41) is 17.8. The van der Waals surface area contributed by atoms with Crippen molar-refractivity contribution in [2.75, 3.05) is 27.3 Å². The Balaban J connectivity index is 0.960. The molecule has 74 heavy (non-hydrogen) atoms. The molecule has 0 aliphatic carbocycles. The minimum Gasteiger partial charge on any atom is -0.464 e. The van der Waals surface area contributed by atoms with Crippen molar-refractivity contribution in [3.05, 3.63) is 82.3 Å². The molecule has 19 nitrogen and oxygen atoms in total. The van der Waals surface area contributed by atoms with Crippen molar-refractivity contribution in [3.8, 4) is 39.5 Å². The smallest absolute Gasteiger partial charge is 0.407 e. The Hall–Kier alpha value is -6.84. The van der Waals surface area contributed by atoms with E-state index in [1.807, 2.05) is 61.4 Å². The Morgan fingerprint density at radius 3 is 2.07 bits per heavy atom. The van der Waals surface area contributed by atoms with Crippen molar-refractivity contribution in [1.29, 1.82) is 0 Å². The molecule has 8 atom stereocenters. The zero-order chi connectivity index (χ0) is 52.3. The quantitative estimate of drug-likeness (QED) is 0.0777. The number of ether oxygens (including phenoxy) is 4. The SMILES string of the molecule is COC(=O)N[C@H](C(=O)N1CCC[C@H]1c1ncc(-c2cc(F)c3c(c2)OC(c2cnc(C(C)(C)O)s2)n2c-3cc3cc(-c4cnc([C@@H]5CCCN5C(=O)[C@@H](NC(=O)OC)C5C[C@@H](C)O[C@@H](C)C5)[nH]4)ccc32)[nH]1)C(C)C. The molecule has 0 radical (unpaired) electrons. The number of carbonyl (C=O) groups excluding carboxylic acids is 4. The number of hydrogen-bond donors (Lipinski definition) is 5. The first kappa shape index (κ1) is 50.7. The summed E-state index contributed by atoms with van der Waals surface area (Å²) < 4.78 is 41.5. The van der Waals surface area contributed by atoms with E-state index < -0.39 is 48.0 Å². The number of fused-ring (bicyclic) bond motifs is 5. The van der Waals surface area contributed by atoms with E-state index in [9.17, 15) is 24.3 Å². The molecule has 10 rings (SSSR count). The van der Waals surface area contributed by atoms with Gasteiger partial charge in [0.05, 0.1) is 83.9 Å². The molecule has 4 aromatic heterocycles. The molecule has 5 N–H and O–H groups in total. The number of rotatable bonds is 12. The number of aromatic nitrogens is 6. The van der Waals surface area contributed by atoms with Crippen molar-refractivity contribution in [3.63, 3.8) is 0 Å². The average molecular weight is 1040 g/mol. The van der Waals surface area contributed by atoms with Crippen LogP contribution in [0.1, 0.15) is 120 Å². The van der Waals surface area contributed by atoms with Crippen LogP contribution in [0.5, 0.6) is 5.75 Å². The Labute approximate surface area is 431 Å². The van der Waals surface area contributed by atoms with Gasteiger partial charge in [0, 0.05) is 35.8 Å². The normalized spacial score (nSPS) is 22.5. The molecular formula is C53H63FN10O9S. The lowest BCUT2D eigenvalue weighted by Gasteiger charge is -2.38. The summed E-state index contributed by atoms with van der Waals surface area (Å²) in [6, 6.07) is 8.78. The van der Waals surface area contributed by atoms with Crippen LogP contribution < -0.4 is 15.4 Å². The summed E-state index contributed by atoms with van der Waals surface area (Å²) in [7, 11) is 2.55. The molecule has 21 heteroatoms. The van der Waals surface area contributed by atoms with Gasteiger partial charge in [0.25, 0.3) is 0 Å². The Kier molecular flexibility index (Phi) is 13.8. The minimum atomic E-state index is -1.22. The Morgan fingerprint density at radius 2 is 1.46 bits per heavy atom. The third kappa shape index (κ3) is 9.60. The molecule has 3 fully saturated rings. The fourth-order valence-electron chi connectivity index (χ4n) is 11.3. The van der Waals surface area contributed by atoms with Crippen LogP contribution in [0.3, 0.4) is 0 Å². The maximum atomic E-state index is 17.0. The van der Waals surface area contributed by atoms with Gasteiger partial charge in [-0.2, -0.15) is 0 Å². The summed E-state index contributed by atoms with van der Waals surface area (Å²) >= 11 is 1.31. The van der Waals surface area contributed by atoms with Gasteiger partial charge in [0.1, 0.15) is 45.9 Å². The van der Waals surface area contributed by atoms with Crippen LogP contribution in [-0.2, 0) is 29.4 Å². The number of likely N-dealkylation sites (tertiary alicyclic amines) is 2. The van der Waals surface area contributed by atoms with Crippen molar-refractivity contribution in [2.45, 2.75) is 128 Å². The molecule has 0 saturated carbocycles. The first-order valence-corrected chi connectivity index (χ1v) is 26.1. The number of halogens is 1. The zero-order valence-electron chi connectivity index (χ0n) is 42.7. The third-order valence-electron chi connectivity index (χ3n) is 14.8. The van der Waals surface area contributed by atoms with Crippen molar-refractivity contribution in [1.82, 2.24) is 49.9 Å². The van der Waals surface area contributed by atoms with E-state index in [-0.39, 0.29) is 47.5 Å². The molecule has 4 aliphatic heterocycles. The summed E-state index contributed by atoms with van der Waals surface area (Å²) in [4.78, 5) is 78.2. The first-order valence-electron chi connectivity index (χ1n) is 25.3. The summed E-state index contributed by atoms with van der Waals surface area (Å²) in [5.41, 5.74) is 2.94. The zero-order valence-corrected chi connectivity index (χ0v) is 43.5. The number of H-pyrrole nitrogens is 2. The van der Waals surface area contributed by atoms with Gasteiger partial charge in [0.2, 0.25) is 18.0 Å². The van der Waals surface area contributed by atoms with Crippen LogP contribution in [0.2, 0.25) is 0 Å². The highest BCUT2D eigenvalue weighted by Gasteiger charge is 2.43. The topological polar surface area (TPSA) is 231 Å².